The van der Waals surface area contributed by atoms with Crippen LogP contribution >= 0.6 is 0 Å². The number of benzene rings is 1. The standard InChI is InChI=1S/C21H24FN5/c1-15(2)21-24-9-11-27(21)20-13-23-12-18(25-20)19-4-3-10-26(19)14-16-5-7-17(22)8-6-16/h5-9,11-13,15,19H,3-4,10,14H2,1-2H3. The average molecular weight is 365 g/mol. The Balaban J connectivity index is 1.59. The van der Waals surface area contributed by atoms with Crippen LogP contribution in [0.2, 0.25) is 0 Å². The van der Waals surface area contributed by atoms with Gasteiger partial charge >= 0.3 is 0 Å². The molecule has 4 rings (SSSR count). The van der Waals surface area contributed by atoms with Crippen LogP contribution in [-0.2, 0) is 6.54 Å². The predicted molar refractivity (Wildman–Crippen MR) is 102 cm³/mol. The molecule has 0 radical (unpaired) electrons. The Morgan fingerprint density at radius 1 is 1.19 bits per heavy atom. The SMILES string of the molecule is CC(C)c1nccn1-c1cncc(C2CCCN2Cc2ccc(F)cc2)n1. The van der Waals surface area contributed by atoms with E-state index in [0.717, 1.165) is 48.8 Å². The van der Waals surface area contributed by atoms with Crippen LogP contribution in [0.15, 0.2) is 49.1 Å². The zero-order valence-corrected chi connectivity index (χ0v) is 15.7. The lowest BCUT2D eigenvalue weighted by atomic mass is 10.1. The number of nitrogens with zero attached hydrogens (tertiary/aromatic N) is 5. The maximum absolute atomic E-state index is 13.2. The van der Waals surface area contributed by atoms with E-state index in [0.29, 0.717) is 5.92 Å². The van der Waals surface area contributed by atoms with Crippen molar-refractivity contribution in [1.82, 2.24) is 24.4 Å². The Hall–Kier alpha value is -2.60. The van der Waals surface area contributed by atoms with E-state index < -0.39 is 0 Å². The molecule has 3 aromatic rings. The lowest BCUT2D eigenvalue weighted by molar-refractivity contribution is 0.244. The van der Waals surface area contributed by atoms with Gasteiger partial charge in [0.25, 0.3) is 0 Å². The molecule has 1 atom stereocenters. The first-order valence-electron chi connectivity index (χ1n) is 9.46. The number of aromatic nitrogens is 4. The van der Waals surface area contributed by atoms with Gasteiger partial charge in [-0.25, -0.2) is 14.4 Å². The summed E-state index contributed by atoms with van der Waals surface area (Å²) in [6.45, 7) is 6.05. The van der Waals surface area contributed by atoms with Gasteiger partial charge in [-0.3, -0.25) is 14.5 Å². The van der Waals surface area contributed by atoms with Gasteiger partial charge in [0.05, 0.1) is 24.1 Å². The molecule has 5 nitrogen and oxygen atoms in total. The summed E-state index contributed by atoms with van der Waals surface area (Å²) in [5.74, 6) is 1.90. The predicted octanol–water partition coefficient (Wildman–Crippen LogP) is 4.26. The summed E-state index contributed by atoms with van der Waals surface area (Å²) in [6, 6.07) is 6.98. The number of rotatable bonds is 5. The van der Waals surface area contributed by atoms with Gasteiger partial charge in [0, 0.05) is 24.9 Å². The number of halogens is 1. The molecular weight excluding hydrogens is 341 g/mol. The maximum atomic E-state index is 13.2. The fourth-order valence-electron chi connectivity index (χ4n) is 3.76. The molecular formula is C21H24FN5. The zero-order valence-electron chi connectivity index (χ0n) is 15.7. The van der Waals surface area contributed by atoms with Crippen LogP contribution in [0.1, 0.15) is 55.7 Å². The summed E-state index contributed by atoms with van der Waals surface area (Å²) in [5, 5.41) is 0. The van der Waals surface area contributed by atoms with Crippen molar-refractivity contribution in [1.29, 1.82) is 0 Å². The van der Waals surface area contributed by atoms with Gasteiger partial charge in [0.1, 0.15) is 11.6 Å². The monoisotopic (exact) mass is 365 g/mol. The van der Waals surface area contributed by atoms with Crippen molar-refractivity contribution in [2.75, 3.05) is 6.54 Å². The van der Waals surface area contributed by atoms with Crippen molar-refractivity contribution in [3.63, 3.8) is 0 Å². The molecule has 1 aliphatic heterocycles. The topological polar surface area (TPSA) is 46.8 Å². The molecule has 0 amide bonds. The van der Waals surface area contributed by atoms with Crippen molar-refractivity contribution in [2.24, 2.45) is 0 Å². The normalized spacial score (nSPS) is 17.7. The summed E-state index contributed by atoms with van der Waals surface area (Å²) in [7, 11) is 0. The van der Waals surface area contributed by atoms with E-state index in [9.17, 15) is 4.39 Å². The highest BCUT2D eigenvalue weighted by atomic mass is 19.1. The smallest absolute Gasteiger partial charge is 0.156 e. The molecule has 0 N–H and O–H groups in total. The Bertz CT molecular complexity index is 903. The first kappa shape index (κ1) is 17.8. The highest BCUT2D eigenvalue weighted by molar-refractivity contribution is 5.25. The van der Waals surface area contributed by atoms with E-state index in [4.69, 9.17) is 4.98 Å². The molecule has 0 saturated carbocycles. The first-order chi connectivity index (χ1) is 13.1. The van der Waals surface area contributed by atoms with Crippen LogP contribution < -0.4 is 0 Å². The van der Waals surface area contributed by atoms with Crippen LogP contribution in [0.4, 0.5) is 4.39 Å². The second-order valence-electron chi connectivity index (χ2n) is 7.37. The summed E-state index contributed by atoms with van der Waals surface area (Å²) in [5.41, 5.74) is 2.10. The molecule has 140 valence electrons. The lowest BCUT2D eigenvalue weighted by Crippen LogP contribution is -2.24. The zero-order chi connectivity index (χ0) is 18.8. The van der Waals surface area contributed by atoms with E-state index in [1.807, 2.05) is 29.1 Å². The van der Waals surface area contributed by atoms with Gasteiger partial charge in [0.2, 0.25) is 0 Å². The van der Waals surface area contributed by atoms with Crippen molar-refractivity contribution >= 4 is 0 Å². The highest BCUT2D eigenvalue weighted by Gasteiger charge is 2.27. The summed E-state index contributed by atoms with van der Waals surface area (Å²) in [6.07, 6.45) is 9.58. The fraction of sp³-hybridized carbons (Fsp3) is 0.381. The largest absolute Gasteiger partial charge is 0.290 e. The van der Waals surface area contributed by atoms with Gasteiger partial charge in [0.15, 0.2) is 5.82 Å². The summed E-state index contributed by atoms with van der Waals surface area (Å²) >= 11 is 0. The molecule has 1 fully saturated rings. The summed E-state index contributed by atoms with van der Waals surface area (Å²) in [4.78, 5) is 16.2. The number of hydrogen-bond donors (Lipinski definition) is 0. The average Bonchev–Trinajstić information content (AvgIpc) is 3.33. The Morgan fingerprint density at radius 3 is 2.78 bits per heavy atom. The number of imidazole rings is 1. The molecule has 1 aliphatic rings. The van der Waals surface area contributed by atoms with Gasteiger partial charge in [-0.2, -0.15) is 0 Å². The van der Waals surface area contributed by atoms with Crippen LogP contribution in [0.3, 0.4) is 0 Å². The third kappa shape index (κ3) is 3.76. The minimum Gasteiger partial charge on any atom is -0.290 e. The quantitative estimate of drug-likeness (QED) is 0.678. The third-order valence-electron chi connectivity index (χ3n) is 5.08. The van der Waals surface area contributed by atoms with Crippen molar-refractivity contribution in [3.05, 3.63) is 72.0 Å². The van der Waals surface area contributed by atoms with E-state index in [1.165, 1.54) is 12.1 Å². The highest BCUT2D eigenvalue weighted by Crippen LogP contribution is 2.32. The van der Waals surface area contributed by atoms with Crippen LogP contribution in [-0.4, -0.2) is 31.0 Å². The molecule has 3 heterocycles. The number of hydrogen-bond acceptors (Lipinski definition) is 4. The van der Waals surface area contributed by atoms with Gasteiger partial charge in [-0.05, 0) is 37.1 Å². The van der Waals surface area contributed by atoms with Crippen LogP contribution in [0.5, 0.6) is 0 Å². The molecule has 6 heteroatoms. The third-order valence-corrected chi connectivity index (χ3v) is 5.08. The van der Waals surface area contributed by atoms with Crippen LogP contribution in [0.25, 0.3) is 5.82 Å². The van der Waals surface area contributed by atoms with Crippen LogP contribution in [0, 0.1) is 5.82 Å². The molecule has 0 aliphatic carbocycles. The molecule has 1 unspecified atom stereocenters. The molecule has 1 aromatic carbocycles. The van der Waals surface area contributed by atoms with Gasteiger partial charge < -0.3 is 0 Å². The molecule has 0 bridgehead atoms. The first-order valence-corrected chi connectivity index (χ1v) is 9.46. The molecule has 2 aromatic heterocycles. The van der Waals surface area contributed by atoms with E-state index >= 15 is 0 Å². The van der Waals surface area contributed by atoms with E-state index in [1.54, 1.807) is 12.4 Å². The fourth-order valence-corrected chi connectivity index (χ4v) is 3.76. The van der Waals surface area contributed by atoms with Gasteiger partial charge in [-0.1, -0.05) is 26.0 Å². The Labute approximate surface area is 158 Å². The van der Waals surface area contributed by atoms with Gasteiger partial charge in [-0.15, -0.1) is 0 Å². The molecule has 27 heavy (non-hydrogen) atoms. The minimum atomic E-state index is -0.198. The Kier molecular flexibility index (Phi) is 4.99. The van der Waals surface area contributed by atoms with Crippen molar-refractivity contribution in [2.45, 2.75) is 45.2 Å². The Morgan fingerprint density at radius 2 is 2.00 bits per heavy atom. The van der Waals surface area contributed by atoms with Crippen molar-refractivity contribution < 1.29 is 4.39 Å². The summed E-state index contributed by atoms with van der Waals surface area (Å²) < 4.78 is 15.2. The second-order valence-corrected chi connectivity index (χ2v) is 7.37. The molecule has 0 spiro atoms. The lowest BCUT2D eigenvalue weighted by Gasteiger charge is -2.24. The van der Waals surface area contributed by atoms with E-state index in [-0.39, 0.29) is 11.9 Å². The molecule has 1 saturated heterocycles. The number of likely N-dealkylation sites (tertiary alicyclic amines) is 1. The van der Waals surface area contributed by atoms with Crippen molar-refractivity contribution in [3.8, 4) is 5.82 Å². The van der Waals surface area contributed by atoms with E-state index in [2.05, 4.69) is 28.7 Å². The minimum absolute atomic E-state index is 0.198. The maximum Gasteiger partial charge on any atom is 0.156 e. The second kappa shape index (κ2) is 7.56.